The number of aryl methyl sites for hydroxylation is 3. The molecular weight excluding hydrogens is 462 g/mol. The molecule has 180 valence electrons. The summed E-state index contributed by atoms with van der Waals surface area (Å²) in [4.78, 5) is 26.4. The van der Waals surface area contributed by atoms with Crippen molar-refractivity contribution in [2.24, 2.45) is 0 Å². The summed E-state index contributed by atoms with van der Waals surface area (Å²) in [5.74, 6) is 1.10. The van der Waals surface area contributed by atoms with Crippen molar-refractivity contribution in [2.75, 3.05) is 18.0 Å². The molecule has 0 amide bonds. The van der Waals surface area contributed by atoms with Gasteiger partial charge in [-0.15, -0.1) is 0 Å². The van der Waals surface area contributed by atoms with E-state index in [2.05, 4.69) is 50.8 Å². The van der Waals surface area contributed by atoms with Crippen molar-refractivity contribution in [1.82, 2.24) is 20.1 Å². The Hall–Kier alpha value is -3.45. The number of nitrogens with one attached hydrogen (secondary N) is 1. The van der Waals surface area contributed by atoms with Crippen LogP contribution in [0.1, 0.15) is 42.8 Å². The minimum atomic E-state index is -0.495. The zero-order chi connectivity index (χ0) is 24.2. The molecule has 4 aromatic rings. The molecule has 8 heteroatoms. The maximum atomic E-state index is 11.1. The molecule has 35 heavy (non-hydrogen) atoms. The Morgan fingerprint density at radius 2 is 1.69 bits per heavy atom. The average Bonchev–Trinajstić information content (AvgIpc) is 3.29. The molecule has 0 saturated heterocycles. The fourth-order valence-electron chi connectivity index (χ4n) is 4.50. The number of H-pyrrole nitrogens is 1. The van der Waals surface area contributed by atoms with Crippen molar-refractivity contribution in [3.8, 4) is 22.5 Å². The van der Waals surface area contributed by atoms with Gasteiger partial charge in [-0.25, -0.2) is 14.8 Å². The highest BCUT2D eigenvalue weighted by atomic mass is 35.5. The number of anilines is 1. The lowest BCUT2D eigenvalue weighted by molar-refractivity contribution is 0.380. The normalized spacial score (nSPS) is 13.1. The molecule has 1 aliphatic heterocycles. The lowest BCUT2D eigenvalue weighted by atomic mass is 10.0. The molecule has 0 atom stereocenters. The van der Waals surface area contributed by atoms with Gasteiger partial charge in [-0.1, -0.05) is 65.1 Å². The summed E-state index contributed by atoms with van der Waals surface area (Å²) < 4.78 is 4.57. The molecule has 0 aliphatic carbocycles. The monoisotopic (exact) mass is 489 g/mol. The summed E-state index contributed by atoms with van der Waals surface area (Å²) in [7, 11) is 0. The van der Waals surface area contributed by atoms with Crippen LogP contribution in [0.3, 0.4) is 0 Å². The molecule has 2 aromatic carbocycles. The molecule has 0 fully saturated rings. The number of unbranched alkanes of at least 4 members (excludes halogenated alkanes) is 2. The van der Waals surface area contributed by atoms with Crippen molar-refractivity contribution >= 4 is 17.4 Å². The van der Waals surface area contributed by atoms with Gasteiger partial charge in [-0.2, -0.15) is 0 Å². The minimum Gasteiger partial charge on any atom is -0.355 e. The van der Waals surface area contributed by atoms with Gasteiger partial charge >= 0.3 is 5.76 Å². The number of hydrogen-bond acceptors (Lipinski definition) is 6. The van der Waals surface area contributed by atoms with Gasteiger partial charge < -0.3 is 4.90 Å². The van der Waals surface area contributed by atoms with Gasteiger partial charge in [0.1, 0.15) is 0 Å². The first-order valence-electron chi connectivity index (χ1n) is 12.1. The van der Waals surface area contributed by atoms with Gasteiger partial charge in [0.2, 0.25) is 0 Å². The Kier molecular flexibility index (Phi) is 6.95. The first-order chi connectivity index (χ1) is 17.1. The van der Waals surface area contributed by atoms with Crippen LogP contribution in [-0.4, -0.2) is 33.2 Å². The number of hydrogen-bond donors (Lipinski definition) is 1. The average molecular weight is 490 g/mol. The van der Waals surface area contributed by atoms with E-state index in [4.69, 9.17) is 21.6 Å². The summed E-state index contributed by atoms with van der Waals surface area (Å²) in [5, 5.41) is 4.44. The minimum absolute atomic E-state index is 0.495. The third kappa shape index (κ3) is 5.46. The Morgan fingerprint density at radius 1 is 0.971 bits per heavy atom. The number of aromatic nitrogens is 4. The second-order valence-electron chi connectivity index (χ2n) is 9.01. The van der Waals surface area contributed by atoms with E-state index >= 15 is 0 Å². The Labute approximate surface area is 209 Å². The lowest BCUT2D eigenvalue weighted by Crippen LogP contribution is -2.32. The van der Waals surface area contributed by atoms with E-state index in [1.807, 2.05) is 24.3 Å². The molecule has 7 nitrogen and oxygen atoms in total. The first kappa shape index (κ1) is 23.3. The standard InChI is InChI=1S/C27H28ClN5O2/c1-18-8-10-19(11-9-18)24-25(20-12-14-21(28)15-13-20)31-26-22(29-24)6-5-17-33(26)16-4-2-3-7-23-30-27(34)35-32-23/h8-15H,2-7,16-17H2,1H3,(H,30,32,34). The van der Waals surface area contributed by atoms with Crippen LogP contribution in [0.5, 0.6) is 0 Å². The van der Waals surface area contributed by atoms with Crippen molar-refractivity contribution in [3.05, 3.63) is 81.2 Å². The Morgan fingerprint density at radius 3 is 2.40 bits per heavy atom. The van der Waals surface area contributed by atoms with Crippen LogP contribution in [-0.2, 0) is 12.8 Å². The highest BCUT2D eigenvalue weighted by Crippen LogP contribution is 2.35. The van der Waals surface area contributed by atoms with E-state index in [0.717, 1.165) is 79.2 Å². The third-order valence-corrected chi connectivity index (χ3v) is 6.61. The van der Waals surface area contributed by atoms with Crippen molar-refractivity contribution in [1.29, 1.82) is 0 Å². The van der Waals surface area contributed by atoms with E-state index in [0.29, 0.717) is 17.3 Å². The van der Waals surface area contributed by atoms with E-state index in [-0.39, 0.29) is 0 Å². The highest BCUT2D eigenvalue weighted by molar-refractivity contribution is 6.30. The Bertz CT molecular complexity index is 1350. The van der Waals surface area contributed by atoms with Crippen LogP contribution in [0.15, 0.2) is 57.8 Å². The molecule has 0 bridgehead atoms. The molecule has 0 saturated carbocycles. The third-order valence-electron chi connectivity index (χ3n) is 6.36. The van der Waals surface area contributed by atoms with Crippen molar-refractivity contribution < 1.29 is 4.52 Å². The summed E-state index contributed by atoms with van der Waals surface area (Å²) in [6.07, 6.45) is 5.70. The number of aromatic amines is 1. The van der Waals surface area contributed by atoms with Gasteiger partial charge in [0.15, 0.2) is 11.6 Å². The smallest absolute Gasteiger partial charge is 0.355 e. The van der Waals surface area contributed by atoms with Gasteiger partial charge in [0, 0.05) is 35.7 Å². The van der Waals surface area contributed by atoms with Crippen LogP contribution in [0, 0.1) is 6.92 Å². The Balaban J connectivity index is 1.38. The molecular formula is C27H28ClN5O2. The molecule has 0 radical (unpaired) electrons. The zero-order valence-corrected chi connectivity index (χ0v) is 20.5. The summed E-state index contributed by atoms with van der Waals surface area (Å²) in [6.45, 7) is 3.98. The van der Waals surface area contributed by atoms with E-state index in [1.54, 1.807) is 0 Å². The SMILES string of the molecule is Cc1ccc(-c2nc3c(nc2-c2ccc(Cl)cc2)N(CCCCCc2noc(=O)[nH]2)CCC3)cc1. The van der Waals surface area contributed by atoms with Crippen LogP contribution in [0.25, 0.3) is 22.5 Å². The first-order valence-corrected chi connectivity index (χ1v) is 12.5. The summed E-state index contributed by atoms with van der Waals surface area (Å²) in [5.41, 5.74) is 6.14. The van der Waals surface area contributed by atoms with Crippen LogP contribution >= 0.6 is 11.6 Å². The van der Waals surface area contributed by atoms with Gasteiger partial charge in [0.25, 0.3) is 0 Å². The van der Waals surface area contributed by atoms with Crippen molar-refractivity contribution in [2.45, 2.75) is 45.4 Å². The molecule has 5 rings (SSSR count). The molecule has 1 N–H and O–H groups in total. The van der Waals surface area contributed by atoms with Crippen LogP contribution in [0.2, 0.25) is 5.02 Å². The maximum absolute atomic E-state index is 11.1. The van der Waals surface area contributed by atoms with Crippen LogP contribution < -0.4 is 10.7 Å². The number of benzene rings is 2. The zero-order valence-electron chi connectivity index (χ0n) is 19.8. The van der Waals surface area contributed by atoms with Gasteiger partial charge in [-0.3, -0.25) is 9.51 Å². The highest BCUT2D eigenvalue weighted by Gasteiger charge is 2.23. The van der Waals surface area contributed by atoms with Crippen LogP contribution in [0.4, 0.5) is 5.82 Å². The predicted octanol–water partition coefficient (Wildman–Crippen LogP) is 5.61. The molecule has 2 aromatic heterocycles. The predicted molar refractivity (Wildman–Crippen MR) is 138 cm³/mol. The fourth-order valence-corrected chi connectivity index (χ4v) is 4.63. The maximum Gasteiger partial charge on any atom is 0.438 e. The largest absolute Gasteiger partial charge is 0.438 e. The van der Waals surface area contributed by atoms with E-state index in [9.17, 15) is 4.79 Å². The topological polar surface area (TPSA) is 87.9 Å². The summed E-state index contributed by atoms with van der Waals surface area (Å²) in [6, 6.07) is 16.3. The number of fused-ring (bicyclic) bond motifs is 1. The van der Waals surface area contributed by atoms with Crippen molar-refractivity contribution in [3.63, 3.8) is 0 Å². The van der Waals surface area contributed by atoms with E-state index in [1.165, 1.54) is 5.56 Å². The summed E-state index contributed by atoms with van der Waals surface area (Å²) >= 11 is 6.16. The second-order valence-corrected chi connectivity index (χ2v) is 9.44. The second kappa shape index (κ2) is 10.4. The molecule has 1 aliphatic rings. The molecule has 0 unspecified atom stereocenters. The van der Waals surface area contributed by atoms with Gasteiger partial charge in [-0.05, 0) is 44.7 Å². The lowest BCUT2D eigenvalue weighted by Gasteiger charge is -2.30. The number of rotatable bonds is 8. The number of halogens is 1. The molecule has 3 heterocycles. The number of nitrogens with zero attached hydrogens (tertiary/aromatic N) is 4. The quantitative estimate of drug-likeness (QED) is 0.323. The fraction of sp³-hybridized carbons (Fsp3) is 0.333. The van der Waals surface area contributed by atoms with Gasteiger partial charge in [0.05, 0.1) is 17.1 Å². The van der Waals surface area contributed by atoms with E-state index < -0.39 is 5.76 Å². The molecule has 0 spiro atoms.